The van der Waals surface area contributed by atoms with E-state index in [2.05, 4.69) is 0 Å². The van der Waals surface area contributed by atoms with E-state index in [1.807, 2.05) is 4.90 Å². The highest BCUT2D eigenvalue weighted by molar-refractivity contribution is 5.99. The van der Waals surface area contributed by atoms with Crippen molar-refractivity contribution >= 4 is 5.78 Å². The molecule has 1 fully saturated rings. The Labute approximate surface area is 123 Å². The minimum Gasteiger partial charge on any atom is -0.395 e. The Kier molecular flexibility index (Phi) is 5.42. The van der Waals surface area contributed by atoms with Crippen molar-refractivity contribution in [2.75, 3.05) is 13.2 Å². The van der Waals surface area contributed by atoms with Gasteiger partial charge in [-0.1, -0.05) is 12.8 Å². The van der Waals surface area contributed by atoms with Gasteiger partial charge >= 0.3 is 0 Å². The number of nitrogens with zero attached hydrogens (tertiary/aromatic N) is 1. The van der Waals surface area contributed by atoms with E-state index in [9.17, 15) is 18.7 Å². The number of hydrogen-bond donors (Lipinski definition) is 1. The van der Waals surface area contributed by atoms with Crippen LogP contribution in [-0.4, -0.2) is 41.0 Å². The summed E-state index contributed by atoms with van der Waals surface area (Å²) in [7, 11) is 0. The van der Waals surface area contributed by atoms with Gasteiger partial charge in [-0.2, -0.15) is 0 Å². The lowest BCUT2D eigenvalue weighted by molar-refractivity contribution is 0.0650. The molecule has 2 unspecified atom stereocenters. The quantitative estimate of drug-likeness (QED) is 0.869. The minimum absolute atomic E-state index is 0.00932. The predicted molar refractivity (Wildman–Crippen MR) is 76.2 cm³/mol. The van der Waals surface area contributed by atoms with Gasteiger partial charge < -0.3 is 5.11 Å². The number of rotatable bonds is 4. The second kappa shape index (κ2) is 7.09. The van der Waals surface area contributed by atoms with Gasteiger partial charge in [0.1, 0.15) is 0 Å². The third-order valence-corrected chi connectivity index (χ3v) is 4.21. The summed E-state index contributed by atoms with van der Waals surface area (Å²) in [6.07, 6.45) is 3.95. The molecule has 2 atom stereocenters. The summed E-state index contributed by atoms with van der Waals surface area (Å²) in [4.78, 5) is 14.5. The van der Waals surface area contributed by atoms with Gasteiger partial charge in [0.25, 0.3) is 0 Å². The van der Waals surface area contributed by atoms with E-state index in [4.69, 9.17) is 0 Å². The maximum atomic E-state index is 13.3. The zero-order valence-electron chi connectivity index (χ0n) is 12.2. The van der Waals surface area contributed by atoms with Crippen LogP contribution in [0.3, 0.4) is 0 Å². The van der Waals surface area contributed by atoms with Crippen molar-refractivity contribution in [3.8, 4) is 0 Å². The van der Waals surface area contributed by atoms with Crippen LogP contribution in [0, 0.1) is 11.6 Å². The van der Waals surface area contributed by atoms with Gasteiger partial charge in [0.15, 0.2) is 17.4 Å². The van der Waals surface area contributed by atoms with E-state index >= 15 is 0 Å². The summed E-state index contributed by atoms with van der Waals surface area (Å²) < 4.78 is 26.2. The van der Waals surface area contributed by atoms with Crippen molar-refractivity contribution in [1.29, 1.82) is 0 Å². The Bertz CT molecular complexity index is 507. The summed E-state index contributed by atoms with van der Waals surface area (Å²) >= 11 is 0. The molecule has 1 aromatic carbocycles. The first-order valence-electron chi connectivity index (χ1n) is 7.40. The van der Waals surface area contributed by atoms with Crippen LogP contribution in [0.4, 0.5) is 8.78 Å². The molecule has 1 heterocycles. The molecule has 3 nitrogen and oxygen atoms in total. The van der Waals surface area contributed by atoms with Crippen LogP contribution >= 0.6 is 0 Å². The minimum atomic E-state index is -1.01. The molecule has 2 rings (SSSR count). The Morgan fingerprint density at radius 2 is 2.10 bits per heavy atom. The zero-order chi connectivity index (χ0) is 15.4. The van der Waals surface area contributed by atoms with Crippen LogP contribution in [0.5, 0.6) is 0 Å². The maximum absolute atomic E-state index is 13.3. The first-order chi connectivity index (χ1) is 10.0. The Morgan fingerprint density at radius 3 is 2.76 bits per heavy atom. The highest BCUT2D eigenvalue weighted by atomic mass is 19.2. The molecule has 0 amide bonds. The molecule has 0 spiro atoms. The molecule has 0 radical (unpaired) electrons. The van der Waals surface area contributed by atoms with Gasteiger partial charge in [0, 0.05) is 11.6 Å². The SMILES string of the molecule is CC(C(=O)c1ccc(F)c(F)c1)N1CCCCCC1CO. The van der Waals surface area contributed by atoms with Crippen molar-refractivity contribution in [2.45, 2.75) is 44.7 Å². The van der Waals surface area contributed by atoms with Crippen LogP contribution in [0.1, 0.15) is 43.0 Å². The molecule has 0 aromatic heterocycles. The lowest BCUT2D eigenvalue weighted by Crippen LogP contribution is -2.47. The van der Waals surface area contributed by atoms with Gasteiger partial charge in [-0.15, -0.1) is 0 Å². The monoisotopic (exact) mass is 297 g/mol. The highest BCUT2D eigenvalue weighted by Gasteiger charge is 2.29. The van der Waals surface area contributed by atoms with Gasteiger partial charge in [-0.3, -0.25) is 9.69 Å². The third-order valence-electron chi connectivity index (χ3n) is 4.21. The first kappa shape index (κ1) is 16.0. The van der Waals surface area contributed by atoms with Gasteiger partial charge in [-0.05, 0) is 44.5 Å². The second-order valence-corrected chi connectivity index (χ2v) is 5.59. The zero-order valence-corrected chi connectivity index (χ0v) is 12.2. The molecule has 116 valence electrons. The highest BCUT2D eigenvalue weighted by Crippen LogP contribution is 2.21. The molecule has 0 aliphatic carbocycles. The van der Waals surface area contributed by atoms with Crippen LogP contribution in [-0.2, 0) is 0 Å². The van der Waals surface area contributed by atoms with Gasteiger partial charge in [0.05, 0.1) is 12.6 Å². The Balaban J connectivity index is 2.18. The average Bonchev–Trinajstić information content (AvgIpc) is 2.73. The first-order valence-corrected chi connectivity index (χ1v) is 7.40. The van der Waals surface area contributed by atoms with Gasteiger partial charge in [0.2, 0.25) is 0 Å². The standard InChI is InChI=1S/C16H21F2NO2/c1-11(19-8-4-2-3-5-13(19)10-20)16(21)12-6-7-14(17)15(18)9-12/h6-7,9,11,13,20H,2-5,8,10H2,1H3. The number of halogens is 2. The summed E-state index contributed by atoms with van der Waals surface area (Å²) in [6.45, 7) is 2.51. The van der Waals surface area contributed by atoms with Crippen LogP contribution < -0.4 is 0 Å². The molecule has 5 heteroatoms. The number of benzene rings is 1. The number of Topliss-reactive ketones (excluding diaryl/α,β-unsaturated/α-hetero) is 1. The molecular weight excluding hydrogens is 276 g/mol. The molecule has 21 heavy (non-hydrogen) atoms. The molecule has 1 N–H and O–H groups in total. The second-order valence-electron chi connectivity index (χ2n) is 5.59. The van der Waals surface area contributed by atoms with E-state index < -0.39 is 17.7 Å². The summed E-state index contributed by atoms with van der Waals surface area (Å²) in [6, 6.07) is 2.73. The van der Waals surface area contributed by atoms with E-state index in [0.717, 1.165) is 44.4 Å². The Hall–Kier alpha value is -1.33. The number of aliphatic hydroxyl groups is 1. The normalized spacial score (nSPS) is 21.8. The molecule has 1 saturated heterocycles. The maximum Gasteiger partial charge on any atom is 0.179 e. The lowest BCUT2D eigenvalue weighted by Gasteiger charge is -2.33. The molecule has 0 bridgehead atoms. The smallest absolute Gasteiger partial charge is 0.179 e. The number of carbonyl (C=O) groups excluding carboxylic acids is 1. The van der Waals surface area contributed by atoms with E-state index in [-0.39, 0.29) is 24.0 Å². The van der Waals surface area contributed by atoms with Crippen LogP contribution in [0.15, 0.2) is 18.2 Å². The fourth-order valence-electron chi connectivity index (χ4n) is 2.95. The number of ketones is 1. The summed E-state index contributed by atoms with van der Waals surface area (Å²) in [5.74, 6) is -2.21. The van der Waals surface area contributed by atoms with Crippen molar-refractivity contribution in [3.05, 3.63) is 35.4 Å². The van der Waals surface area contributed by atoms with Crippen LogP contribution in [0.25, 0.3) is 0 Å². The van der Waals surface area contributed by atoms with Crippen molar-refractivity contribution < 1.29 is 18.7 Å². The van der Waals surface area contributed by atoms with Gasteiger partial charge in [-0.25, -0.2) is 8.78 Å². The number of hydrogen-bond acceptors (Lipinski definition) is 3. The van der Waals surface area contributed by atoms with E-state index in [0.29, 0.717) is 0 Å². The molecular formula is C16H21F2NO2. The molecule has 0 saturated carbocycles. The lowest BCUT2D eigenvalue weighted by atomic mass is 10.0. The predicted octanol–water partition coefficient (Wildman–Crippen LogP) is 2.77. The topological polar surface area (TPSA) is 40.5 Å². The number of aliphatic hydroxyl groups excluding tert-OH is 1. The molecule has 1 aliphatic rings. The largest absolute Gasteiger partial charge is 0.395 e. The fraction of sp³-hybridized carbons (Fsp3) is 0.562. The van der Waals surface area contributed by atoms with Crippen molar-refractivity contribution in [3.63, 3.8) is 0 Å². The van der Waals surface area contributed by atoms with Crippen molar-refractivity contribution in [2.24, 2.45) is 0 Å². The summed E-state index contributed by atoms with van der Waals surface area (Å²) in [5, 5.41) is 9.51. The average molecular weight is 297 g/mol. The molecule has 1 aliphatic heterocycles. The van der Waals surface area contributed by atoms with E-state index in [1.54, 1.807) is 6.92 Å². The molecule has 1 aromatic rings. The summed E-state index contributed by atoms with van der Waals surface area (Å²) in [5.41, 5.74) is 0.169. The van der Waals surface area contributed by atoms with Crippen LogP contribution in [0.2, 0.25) is 0 Å². The Morgan fingerprint density at radius 1 is 1.33 bits per heavy atom. The number of carbonyl (C=O) groups is 1. The van der Waals surface area contributed by atoms with Crippen molar-refractivity contribution in [1.82, 2.24) is 4.90 Å². The fourth-order valence-corrected chi connectivity index (χ4v) is 2.95. The van der Waals surface area contributed by atoms with E-state index in [1.165, 1.54) is 6.07 Å². The number of likely N-dealkylation sites (tertiary alicyclic amines) is 1. The third kappa shape index (κ3) is 3.66.